The standard InChI is InChI=1S/C15H12Cl3F2N3O/c1-23-12(18)10(11(22-23)13(19)20)14(24)21-15(4-5-15)8-3-2-7(16)6-9(8)17/h2-3,6,13H,4-5H2,1H3,(H,21,24). The highest BCUT2D eigenvalue weighted by atomic mass is 35.5. The van der Waals surface area contributed by atoms with Crippen molar-refractivity contribution in [1.29, 1.82) is 0 Å². The van der Waals surface area contributed by atoms with Crippen LogP contribution in [0.5, 0.6) is 0 Å². The summed E-state index contributed by atoms with van der Waals surface area (Å²) in [4.78, 5) is 12.6. The number of carbonyl (C=O) groups excluding carboxylic acids is 1. The maximum absolute atomic E-state index is 13.1. The van der Waals surface area contributed by atoms with E-state index in [0.717, 1.165) is 4.68 Å². The van der Waals surface area contributed by atoms with Crippen LogP contribution in [0.15, 0.2) is 18.2 Å². The van der Waals surface area contributed by atoms with Gasteiger partial charge in [-0.15, -0.1) is 0 Å². The molecule has 1 aliphatic rings. The topological polar surface area (TPSA) is 46.9 Å². The Morgan fingerprint density at radius 3 is 2.54 bits per heavy atom. The molecule has 0 atom stereocenters. The third-order valence-electron chi connectivity index (χ3n) is 3.99. The summed E-state index contributed by atoms with van der Waals surface area (Å²) in [7, 11) is 1.40. The minimum atomic E-state index is -2.90. The lowest BCUT2D eigenvalue weighted by Gasteiger charge is -2.19. The summed E-state index contributed by atoms with van der Waals surface area (Å²) < 4.78 is 27.3. The van der Waals surface area contributed by atoms with Gasteiger partial charge in [0.25, 0.3) is 12.3 Å². The first-order chi connectivity index (χ1) is 11.2. The molecule has 3 rings (SSSR count). The van der Waals surface area contributed by atoms with Crippen molar-refractivity contribution in [2.75, 3.05) is 0 Å². The maximum atomic E-state index is 13.1. The molecule has 4 nitrogen and oxygen atoms in total. The molecule has 0 aliphatic heterocycles. The molecule has 0 saturated heterocycles. The van der Waals surface area contributed by atoms with Crippen LogP contribution in [-0.4, -0.2) is 15.7 Å². The van der Waals surface area contributed by atoms with Crippen LogP contribution in [0.25, 0.3) is 0 Å². The van der Waals surface area contributed by atoms with Crippen LogP contribution >= 0.6 is 34.8 Å². The zero-order valence-electron chi connectivity index (χ0n) is 12.4. The highest BCUT2D eigenvalue weighted by molar-refractivity contribution is 6.35. The first-order valence-corrected chi connectivity index (χ1v) is 8.17. The van der Waals surface area contributed by atoms with Gasteiger partial charge in [0.2, 0.25) is 0 Å². The summed E-state index contributed by atoms with van der Waals surface area (Å²) in [5.74, 6) is -0.702. The molecule has 0 radical (unpaired) electrons. The fraction of sp³-hybridized carbons (Fsp3) is 0.333. The smallest absolute Gasteiger partial charge is 0.283 e. The number of aromatic nitrogens is 2. The quantitative estimate of drug-likeness (QED) is 0.814. The summed E-state index contributed by atoms with van der Waals surface area (Å²) in [6.45, 7) is 0. The molecule has 0 bridgehead atoms. The Balaban J connectivity index is 1.93. The summed E-state index contributed by atoms with van der Waals surface area (Å²) >= 11 is 18.0. The van der Waals surface area contributed by atoms with Crippen molar-refractivity contribution in [3.63, 3.8) is 0 Å². The minimum Gasteiger partial charge on any atom is -0.342 e. The second-order valence-electron chi connectivity index (χ2n) is 5.64. The predicted octanol–water partition coefficient (Wildman–Crippen LogP) is 4.74. The number of benzene rings is 1. The predicted molar refractivity (Wildman–Crippen MR) is 88.0 cm³/mol. The highest BCUT2D eigenvalue weighted by Crippen LogP contribution is 2.49. The molecule has 1 saturated carbocycles. The molecular weight excluding hydrogens is 383 g/mol. The molecule has 9 heteroatoms. The van der Waals surface area contributed by atoms with Crippen LogP contribution in [-0.2, 0) is 12.6 Å². The van der Waals surface area contributed by atoms with Crippen LogP contribution < -0.4 is 5.32 Å². The van der Waals surface area contributed by atoms with Gasteiger partial charge in [-0.25, -0.2) is 8.78 Å². The Bertz CT molecular complexity index is 819. The fourth-order valence-corrected chi connectivity index (χ4v) is 3.44. The van der Waals surface area contributed by atoms with E-state index in [1.807, 2.05) is 0 Å². The van der Waals surface area contributed by atoms with Gasteiger partial charge in [0.15, 0.2) is 0 Å². The Hall–Kier alpha value is -1.37. The SMILES string of the molecule is Cn1nc(C(F)F)c(C(=O)NC2(c3ccc(Cl)cc3Cl)CC2)c1Cl. The summed E-state index contributed by atoms with van der Waals surface area (Å²) in [6, 6.07) is 4.96. The van der Waals surface area contributed by atoms with Crippen LogP contribution in [0, 0.1) is 0 Å². The molecule has 0 unspecified atom stereocenters. The zero-order chi connectivity index (χ0) is 17.6. The average molecular weight is 395 g/mol. The van der Waals surface area contributed by atoms with E-state index in [2.05, 4.69) is 10.4 Å². The summed E-state index contributed by atoms with van der Waals surface area (Å²) in [6.07, 6.45) is -1.62. The van der Waals surface area contributed by atoms with Crippen molar-refractivity contribution in [2.45, 2.75) is 24.8 Å². The first-order valence-electron chi connectivity index (χ1n) is 7.04. The van der Waals surface area contributed by atoms with Crippen LogP contribution in [0.2, 0.25) is 15.2 Å². The average Bonchev–Trinajstić information content (AvgIpc) is 3.19. The van der Waals surface area contributed by atoms with Crippen molar-refractivity contribution in [3.8, 4) is 0 Å². The van der Waals surface area contributed by atoms with Gasteiger partial charge in [-0.1, -0.05) is 40.9 Å². The molecule has 24 heavy (non-hydrogen) atoms. The van der Waals surface area contributed by atoms with Gasteiger partial charge >= 0.3 is 0 Å². The van der Waals surface area contributed by atoms with Gasteiger partial charge < -0.3 is 5.32 Å². The monoisotopic (exact) mass is 393 g/mol. The molecule has 0 spiro atoms. The zero-order valence-corrected chi connectivity index (χ0v) is 14.7. The lowest BCUT2D eigenvalue weighted by atomic mass is 10.0. The summed E-state index contributed by atoms with van der Waals surface area (Å²) in [5, 5.41) is 7.13. The fourth-order valence-electron chi connectivity index (χ4n) is 2.63. The van der Waals surface area contributed by atoms with Crippen molar-refractivity contribution < 1.29 is 13.6 Å². The van der Waals surface area contributed by atoms with Gasteiger partial charge in [-0.3, -0.25) is 9.48 Å². The van der Waals surface area contributed by atoms with E-state index in [-0.39, 0.29) is 10.7 Å². The second kappa shape index (κ2) is 6.17. The van der Waals surface area contributed by atoms with Gasteiger partial charge in [0.05, 0.1) is 5.54 Å². The van der Waals surface area contributed by atoms with E-state index in [0.29, 0.717) is 28.5 Å². The van der Waals surface area contributed by atoms with E-state index in [9.17, 15) is 13.6 Å². The Labute approximate surface area is 151 Å². The Morgan fingerprint density at radius 2 is 2.00 bits per heavy atom. The van der Waals surface area contributed by atoms with Crippen LogP contribution in [0.1, 0.15) is 40.9 Å². The van der Waals surface area contributed by atoms with E-state index in [1.54, 1.807) is 18.2 Å². The largest absolute Gasteiger partial charge is 0.342 e. The maximum Gasteiger partial charge on any atom is 0.283 e. The molecule has 1 amide bonds. The molecule has 128 valence electrons. The van der Waals surface area contributed by atoms with Crippen molar-refractivity contribution in [1.82, 2.24) is 15.1 Å². The van der Waals surface area contributed by atoms with Crippen LogP contribution in [0.4, 0.5) is 8.78 Å². The first kappa shape index (κ1) is 17.5. The molecule has 1 N–H and O–H groups in total. The van der Waals surface area contributed by atoms with Gasteiger partial charge in [0.1, 0.15) is 16.4 Å². The number of alkyl halides is 2. The Morgan fingerprint density at radius 1 is 1.33 bits per heavy atom. The van der Waals surface area contributed by atoms with Crippen molar-refractivity contribution >= 4 is 40.7 Å². The molecule has 1 aromatic carbocycles. The molecule has 1 aromatic heterocycles. The number of nitrogens with zero attached hydrogens (tertiary/aromatic N) is 2. The molecule has 1 aliphatic carbocycles. The van der Waals surface area contributed by atoms with E-state index < -0.39 is 23.6 Å². The minimum absolute atomic E-state index is 0.138. The molecular formula is C15H12Cl3F2N3O. The number of nitrogens with one attached hydrogen (secondary N) is 1. The second-order valence-corrected chi connectivity index (χ2v) is 6.84. The number of hydrogen-bond donors (Lipinski definition) is 1. The molecule has 2 aromatic rings. The normalized spacial score (nSPS) is 15.6. The summed E-state index contributed by atoms with van der Waals surface area (Å²) in [5.41, 5.74) is -0.957. The Kier molecular flexibility index (Phi) is 4.49. The van der Waals surface area contributed by atoms with Crippen molar-refractivity contribution in [2.24, 2.45) is 7.05 Å². The molecule has 1 heterocycles. The van der Waals surface area contributed by atoms with E-state index >= 15 is 0 Å². The number of hydrogen-bond acceptors (Lipinski definition) is 2. The molecule has 1 fully saturated rings. The van der Waals surface area contributed by atoms with Crippen LogP contribution in [0.3, 0.4) is 0 Å². The lowest BCUT2D eigenvalue weighted by Crippen LogP contribution is -2.35. The number of carbonyl (C=O) groups is 1. The number of aryl methyl sites for hydroxylation is 1. The van der Waals surface area contributed by atoms with Gasteiger partial charge in [-0.05, 0) is 30.5 Å². The highest BCUT2D eigenvalue weighted by Gasteiger charge is 2.48. The van der Waals surface area contributed by atoms with E-state index in [4.69, 9.17) is 34.8 Å². The van der Waals surface area contributed by atoms with E-state index in [1.165, 1.54) is 7.05 Å². The number of rotatable bonds is 4. The van der Waals surface area contributed by atoms with Gasteiger partial charge in [0, 0.05) is 17.1 Å². The van der Waals surface area contributed by atoms with Crippen molar-refractivity contribution in [3.05, 3.63) is 50.2 Å². The lowest BCUT2D eigenvalue weighted by molar-refractivity contribution is 0.0916. The number of halogens is 5. The third kappa shape index (κ3) is 2.98. The van der Waals surface area contributed by atoms with Gasteiger partial charge in [-0.2, -0.15) is 5.10 Å². The number of amides is 1. The third-order valence-corrected chi connectivity index (χ3v) is 4.97.